The molecule has 0 heterocycles. The summed E-state index contributed by atoms with van der Waals surface area (Å²) in [5.41, 5.74) is 1.22. The van der Waals surface area contributed by atoms with E-state index in [1.54, 1.807) is 6.07 Å². The Balaban J connectivity index is 2.20. The average molecular weight is 279 g/mol. The Bertz CT molecular complexity index is 531. The molecular formula is C14H12BrF. The SMILES string of the molecule is Fc1ccc(C(Br)C2CC2)c2ccccc12. The van der Waals surface area contributed by atoms with E-state index < -0.39 is 0 Å². The maximum atomic E-state index is 13.6. The van der Waals surface area contributed by atoms with Crippen LogP contribution in [0.4, 0.5) is 4.39 Å². The van der Waals surface area contributed by atoms with E-state index in [0.29, 0.717) is 4.83 Å². The van der Waals surface area contributed by atoms with Gasteiger partial charge in [-0.25, -0.2) is 4.39 Å². The maximum absolute atomic E-state index is 13.6. The number of hydrogen-bond acceptors (Lipinski definition) is 0. The van der Waals surface area contributed by atoms with Gasteiger partial charge in [0.15, 0.2) is 0 Å². The van der Waals surface area contributed by atoms with Crippen LogP contribution in [0.2, 0.25) is 0 Å². The zero-order chi connectivity index (χ0) is 11.1. The Hall–Kier alpha value is -0.890. The van der Waals surface area contributed by atoms with Gasteiger partial charge in [-0.3, -0.25) is 0 Å². The zero-order valence-electron chi connectivity index (χ0n) is 8.79. The van der Waals surface area contributed by atoms with Gasteiger partial charge < -0.3 is 0 Å². The van der Waals surface area contributed by atoms with E-state index in [0.717, 1.165) is 16.7 Å². The molecule has 0 aromatic heterocycles. The van der Waals surface area contributed by atoms with Crippen LogP contribution >= 0.6 is 15.9 Å². The van der Waals surface area contributed by atoms with Crippen LogP contribution in [0.1, 0.15) is 23.2 Å². The van der Waals surface area contributed by atoms with Gasteiger partial charge in [-0.2, -0.15) is 0 Å². The van der Waals surface area contributed by atoms with Gasteiger partial charge in [0.05, 0.1) is 0 Å². The standard InChI is InChI=1S/C14H12BrF/c15-14(9-5-6-9)12-7-8-13(16)11-4-2-1-3-10(11)12/h1-4,7-9,14H,5-6H2. The molecule has 0 nitrogen and oxygen atoms in total. The van der Waals surface area contributed by atoms with Crippen molar-refractivity contribution in [2.24, 2.45) is 5.92 Å². The van der Waals surface area contributed by atoms with Crippen molar-refractivity contribution < 1.29 is 4.39 Å². The van der Waals surface area contributed by atoms with Crippen molar-refractivity contribution in [1.82, 2.24) is 0 Å². The molecule has 0 spiro atoms. The number of halogens is 2. The molecule has 0 radical (unpaired) electrons. The van der Waals surface area contributed by atoms with Crippen molar-refractivity contribution in [2.75, 3.05) is 0 Å². The molecule has 1 aliphatic carbocycles. The molecule has 0 bridgehead atoms. The predicted octanol–water partition coefficient (Wildman–Crippen LogP) is 4.82. The van der Waals surface area contributed by atoms with Crippen LogP contribution in [0, 0.1) is 11.7 Å². The van der Waals surface area contributed by atoms with Crippen molar-refractivity contribution in [3.63, 3.8) is 0 Å². The van der Waals surface area contributed by atoms with Crippen LogP contribution in [0.5, 0.6) is 0 Å². The van der Waals surface area contributed by atoms with Gasteiger partial charge in [0, 0.05) is 10.2 Å². The lowest BCUT2D eigenvalue weighted by Crippen LogP contribution is -1.94. The van der Waals surface area contributed by atoms with Crippen LogP contribution in [0.3, 0.4) is 0 Å². The van der Waals surface area contributed by atoms with E-state index in [-0.39, 0.29) is 5.82 Å². The van der Waals surface area contributed by atoms with Crippen molar-refractivity contribution in [1.29, 1.82) is 0 Å². The molecule has 1 atom stereocenters. The summed E-state index contributed by atoms with van der Waals surface area (Å²) in [6.45, 7) is 0. The van der Waals surface area contributed by atoms with Gasteiger partial charge >= 0.3 is 0 Å². The fraction of sp³-hybridized carbons (Fsp3) is 0.286. The maximum Gasteiger partial charge on any atom is 0.131 e. The average Bonchev–Trinajstić information content (AvgIpc) is 3.13. The first-order valence-electron chi connectivity index (χ1n) is 5.58. The van der Waals surface area contributed by atoms with E-state index in [1.807, 2.05) is 30.3 Å². The zero-order valence-corrected chi connectivity index (χ0v) is 10.4. The Morgan fingerprint density at radius 3 is 2.44 bits per heavy atom. The van der Waals surface area contributed by atoms with Crippen molar-refractivity contribution in [2.45, 2.75) is 17.7 Å². The molecular weight excluding hydrogens is 267 g/mol. The molecule has 16 heavy (non-hydrogen) atoms. The molecule has 82 valence electrons. The van der Waals surface area contributed by atoms with Gasteiger partial charge in [0.25, 0.3) is 0 Å². The molecule has 2 aromatic rings. The molecule has 0 N–H and O–H groups in total. The predicted molar refractivity (Wildman–Crippen MR) is 68.3 cm³/mol. The minimum Gasteiger partial charge on any atom is -0.206 e. The lowest BCUT2D eigenvalue weighted by molar-refractivity contribution is 0.639. The summed E-state index contributed by atoms with van der Waals surface area (Å²) < 4.78 is 13.6. The summed E-state index contributed by atoms with van der Waals surface area (Å²) >= 11 is 3.74. The molecule has 0 amide bonds. The summed E-state index contributed by atoms with van der Waals surface area (Å²) in [4.78, 5) is 0.373. The summed E-state index contributed by atoms with van der Waals surface area (Å²) in [7, 11) is 0. The molecule has 3 rings (SSSR count). The first-order chi connectivity index (χ1) is 7.77. The molecule has 2 heteroatoms. The fourth-order valence-electron chi connectivity index (χ4n) is 2.17. The van der Waals surface area contributed by atoms with Gasteiger partial charge in [-0.05, 0) is 35.8 Å². The summed E-state index contributed by atoms with van der Waals surface area (Å²) in [6.07, 6.45) is 2.56. The second kappa shape index (κ2) is 3.85. The molecule has 0 saturated heterocycles. The van der Waals surface area contributed by atoms with E-state index in [1.165, 1.54) is 18.4 Å². The van der Waals surface area contributed by atoms with Gasteiger partial charge in [-0.15, -0.1) is 0 Å². The monoisotopic (exact) mass is 278 g/mol. The Labute approximate surface area is 103 Å². The normalized spacial score (nSPS) is 17.6. The van der Waals surface area contributed by atoms with Gasteiger partial charge in [0.2, 0.25) is 0 Å². The highest BCUT2D eigenvalue weighted by Gasteiger charge is 2.31. The van der Waals surface area contributed by atoms with Crippen molar-refractivity contribution in [3.05, 3.63) is 47.8 Å². The fourth-order valence-corrected chi connectivity index (χ4v) is 3.10. The molecule has 1 unspecified atom stereocenters. The highest BCUT2D eigenvalue weighted by Crippen LogP contribution is 2.47. The number of rotatable bonds is 2. The van der Waals surface area contributed by atoms with Crippen LogP contribution in [0.25, 0.3) is 10.8 Å². The minimum atomic E-state index is -0.130. The summed E-state index contributed by atoms with van der Waals surface area (Å²) in [5, 5.41) is 1.77. The highest BCUT2D eigenvalue weighted by molar-refractivity contribution is 9.09. The van der Waals surface area contributed by atoms with Crippen LogP contribution < -0.4 is 0 Å². The molecule has 2 aromatic carbocycles. The van der Waals surface area contributed by atoms with Crippen molar-refractivity contribution in [3.8, 4) is 0 Å². The first-order valence-corrected chi connectivity index (χ1v) is 6.50. The van der Waals surface area contributed by atoms with E-state index in [9.17, 15) is 4.39 Å². The van der Waals surface area contributed by atoms with Gasteiger partial charge in [0.1, 0.15) is 5.82 Å². The third kappa shape index (κ3) is 1.65. The number of hydrogen-bond donors (Lipinski definition) is 0. The van der Waals surface area contributed by atoms with Gasteiger partial charge in [-0.1, -0.05) is 46.3 Å². The topological polar surface area (TPSA) is 0 Å². The second-order valence-corrected chi connectivity index (χ2v) is 5.41. The third-order valence-electron chi connectivity index (χ3n) is 3.24. The lowest BCUT2D eigenvalue weighted by Gasteiger charge is -2.12. The Kier molecular flexibility index (Phi) is 2.47. The van der Waals surface area contributed by atoms with Crippen LogP contribution in [0.15, 0.2) is 36.4 Å². The summed E-state index contributed by atoms with van der Waals surface area (Å²) in [6, 6.07) is 11.2. The van der Waals surface area contributed by atoms with Crippen LogP contribution in [-0.4, -0.2) is 0 Å². The lowest BCUT2D eigenvalue weighted by atomic mass is 10.00. The first kappa shape index (κ1) is 10.3. The molecule has 1 aliphatic rings. The quantitative estimate of drug-likeness (QED) is 0.691. The number of benzene rings is 2. The Morgan fingerprint density at radius 2 is 1.75 bits per heavy atom. The third-order valence-corrected chi connectivity index (χ3v) is 4.48. The molecule has 1 fully saturated rings. The second-order valence-electron chi connectivity index (χ2n) is 4.42. The van der Waals surface area contributed by atoms with Crippen molar-refractivity contribution >= 4 is 26.7 Å². The Morgan fingerprint density at radius 1 is 1.06 bits per heavy atom. The van der Waals surface area contributed by atoms with E-state index in [4.69, 9.17) is 0 Å². The smallest absolute Gasteiger partial charge is 0.131 e. The summed E-state index contributed by atoms with van der Waals surface area (Å²) in [5.74, 6) is 0.601. The highest BCUT2D eigenvalue weighted by atomic mass is 79.9. The largest absolute Gasteiger partial charge is 0.206 e. The van der Waals surface area contributed by atoms with E-state index in [2.05, 4.69) is 15.9 Å². The van der Waals surface area contributed by atoms with E-state index >= 15 is 0 Å². The number of fused-ring (bicyclic) bond motifs is 1. The minimum absolute atomic E-state index is 0.130. The van der Waals surface area contributed by atoms with Crippen LogP contribution in [-0.2, 0) is 0 Å². The molecule has 0 aliphatic heterocycles. The number of alkyl halides is 1. The molecule has 1 saturated carbocycles.